The third-order valence-electron chi connectivity index (χ3n) is 2.15. The predicted molar refractivity (Wildman–Crippen MR) is 58.7 cm³/mol. The minimum atomic E-state index is 0.343. The molecule has 0 spiro atoms. The van der Waals surface area contributed by atoms with Crippen LogP contribution >= 0.6 is 11.3 Å². The average molecular weight is 198 g/mol. The van der Waals surface area contributed by atoms with E-state index in [1.807, 2.05) is 11.3 Å². The van der Waals surface area contributed by atoms with E-state index in [0.717, 1.165) is 19.3 Å². The molecule has 1 rings (SSSR count). The van der Waals surface area contributed by atoms with Crippen molar-refractivity contribution in [3.63, 3.8) is 0 Å². The Labute approximate surface area is 84.1 Å². The lowest BCUT2D eigenvalue weighted by Crippen LogP contribution is -2.27. The number of thiophene rings is 1. The molecule has 0 saturated heterocycles. The minimum absolute atomic E-state index is 0.343. The highest BCUT2D eigenvalue weighted by Gasteiger charge is 2.10. The fourth-order valence-electron chi connectivity index (χ4n) is 1.37. The van der Waals surface area contributed by atoms with Gasteiger partial charge in [-0.3, -0.25) is 11.3 Å². The standard InChI is InChI=1S/C10H18N2S/c1-3-5-9(12-11)10-7-6-8(4-2)13-10/h6-7,9,12H,3-5,11H2,1-2H3. The van der Waals surface area contributed by atoms with Gasteiger partial charge in [-0.05, 0) is 25.0 Å². The predicted octanol–water partition coefficient (Wildman–Crippen LogP) is 2.62. The molecule has 0 aromatic carbocycles. The zero-order valence-electron chi connectivity index (χ0n) is 8.34. The summed E-state index contributed by atoms with van der Waals surface area (Å²) >= 11 is 1.86. The fourth-order valence-corrected chi connectivity index (χ4v) is 2.42. The van der Waals surface area contributed by atoms with E-state index in [1.165, 1.54) is 9.75 Å². The van der Waals surface area contributed by atoms with E-state index in [2.05, 4.69) is 31.4 Å². The van der Waals surface area contributed by atoms with Crippen LogP contribution in [-0.4, -0.2) is 0 Å². The van der Waals surface area contributed by atoms with Gasteiger partial charge in [0.05, 0.1) is 6.04 Å². The van der Waals surface area contributed by atoms with Crippen LogP contribution in [0.5, 0.6) is 0 Å². The van der Waals surface area contributed by atoms with Crippen molar-refractivity contribution in [2.45, 2.75) is 39.2 Å². The van der Waals surface area contributed by atoms with Gasteiger partial charge in [-0.15, -0.1) is 11.3 Å². The third-order valence-corrected chi connectivity index (χ3v) is 3.50. The fraction of sp³-hybridized carbons (Fsp3) is 0.600. The Morgan fingerprint density at radius 3 is 2.69 bits per heavy atom. The summed E-state index contributed by atoms with van der Waals surface area (Å²) in [6.45, 7) is 4.36. The summed E-state index contributed by atoms with van der Waals surface area (Å²) in [5.74, 6) is 5.50. The first-order chi connectivity index (χ1) is 6.31. The normalized spacial score (nSPS) is 13.2. The molecule has 1 heterocycles. The highest BCUT2D eigenvalue weighted by atomic mass is 32.1. The van der Waals surface area contributed by atoms with Crippen LogP contribution < -0.4 is 11.3 Å². The van der Waals surface area contributed by atoms with Crippen molar-refractivity contribution in [3.8, 4) is 0 Å². The number of nitrogens with one attached hydrogen (secondary N) is 1. The zero-order chi connectivity index (χ0) is 9.68. The number of hydrogen-bond donors (Lipinski definition) is 2. The smallest absolute Gasteiger partial charge is 0.0553 e. The molecule has 1 aromatic heterocycles. The van der Waals surface area contributed by atoms with Gasteiger partial charge < -0.3 is 0 Å². The van der Waals surface area contributed by atoms with Gasteiger partial charge in [0.1, 0.15) is 0 Å². The first-order valence-corrected chi connectivity index (χ1v) is 5.68. The summed E-state index contributed by atoms with van der Waals surface area (Å²) in [7, 11) is 0. The van der Waals surface area contributed by atoms with Crippen LogP contribution in [0.25, 0.3) is 0 Å². The van der Waals surface area contributed by atoms with Crippen molar-refractivity contribution in [1.29, 1.82) is 0 Å². The van der Waals surface area contributed by atoms with Crippen LogP contribution in [0, 0.1) is 0 Å². The first-order valence-electron chi connectivity index (χ1n) is 4.86. The number of rotatable bonds is 5. The lowest BCUT2D eigenvalue weighted by Gasteiger charge is -2.12. The molecule has 2 nitrogen and oxygen atoms in total. The molecule has 13 heavy (non-hydrogen) atoms. The van der Waals surface area contributed by atoms with Gasteiger partial charge in [-0.1, -0.05) is 20.3 Å². The second-order valence-electron chi connectivity index (χ2n) is 3.17. The molecule has 3 N–H and O–H groups in total. The lowest BCUT2D eigenvalue weighted by molar-refractivity contribution is 0.517. The van der Waals surface area contributed by atoms with E-state index in [-0.39, 0.29) is 0 Å². The number of nitrogens with two attached hydrogens (primary N) is 1. The molecule has 0 fully saturated rings. The monoisotopic (exact) mass is 198 g/mol. The van der Waals surface area contributed by atoms with Crippen LogP contribution in [0.4, 0.5) is 0 Å². The van der Waals surface area contributed by atoms with Crippen molar-refractivity contribution in [2.24, 2.45) is 5.84 Å². The lowest BCUT2D eigenvalue weighted by atomic mass is 10.1. The molecular weight excluding hydrogens is 180 g/mol. The SMILES string of the molecule is CCCC(NN)c1ccc(CC)s1. The summed E-state index contributed by atoms with van der Waals surface area (Å²) in [5, 5.41) is 0. The van der Waals surface area contributed by atoms with Gasteiger partial charge in [0, 0.05) is 9.75 Å². The number of aryl methyl sites for hydroxylation is 1. The van der Waals surface area contributed by atoms with Crippen molar-refractivity contribution in [3.05, 3.63) is 21.9 Å². The highest BCUT2D eigenvalue weighted by Crippen LogP contribution is 2.25. The zero-order valence-corrected chi connectivity index (χ0v) is 9.16. The Morgan fingerprint density at radius 2 is 2.23 bits per heavy atom. The highest BCUT2D eigenvalue weighted by molar-refractivity contribution is 7.12. The van der Waals surface area contributed by atoms with Gasteiger partial charge in [0.2, 0.25) is 0 Å². The third kappa shape index (κ3) is 2.79. The van der Waals surface area contributed by atoms with E-state index in [0.29, 0.717) is 6.04 Å². The molecule has 0 aliphatic rings. The van der Waals surface area contributed by atoms with E-state index in [1.54, 1.807) is 0 Å². The summed E-state index contributed by atoms with van der Waals surface area (Å²) in [4.78, 5) is 2.80. The molecule has 1 unspecified atom stereocenters. The molecule has 74 valence electrons. The van der Waals surface area contributed by atoms with Crippen molar-refractivity contribution in [2.75, 3.05) is 0 Å². The van der Waals surface area contributed by atoms with Crippen molar-refractivity contribution in [1.82, 2.24) is 5.43 Å². The summed E-state index contributed by atoms with van der Waals surface area (Å²) in [6.07, 6.45) is 3.39. The van der Waals surface area contributed by atoms with Crippen LogP contribution in [0.2, 0.25) is 0 Å². The summed E-state index contributed by atoms with van der Waals surface area (Å²) in [5.41, 5.74) is 2.87. The average Bonchev–Trinajstić information content (AvgIpc) is 2.62. The Kier molecular flexibility index (Phi) is 4.42. The van der Waals surface area contributed by atoms with Crippen molar-refractivity contribution < 1.29 is 0 Å². The van der Waals surface area contributed by atoms with E-state index in [4.69, 9.17) is 5.84 Å². The molecule has 3 heteroatoms. The maximum atomic E-state index is 5.50. The molecule has 1 atom stereocenters. The van der Waals surface area contributed by atoms with Crippen molar-refractivity contribution >= 4 is 11.3 Å². The molecule has 1 aromatic rings. The molecule has 0 aliphatic carbocycles. The Morgan fingerprint density at radius 1 is 1.46 bits per heavy atom. The Balaban J connectivity index is 2.67. The largest absolute Gasteiger partial charge is 0.271 e. The topological polar surface area (TPSA) is 38.0 Å². The van der Waals surface area contributed by atoms with E-state index in [9.17, 15) is 0 Å². The quantitative estimate of drug-likeness (QED) is 0.564. The second-order valence-corrected chi connectivity index (χ2v) is 4.37. The molecule has 0 bridgehead atoms. The van der Waals surface area contributed by atoms with E-state index >= 15 is 0 Å². The second kappa shape index (κ2) is 5.37. The van der Waals surface area contributed by atoms with Gasteiger partial charge in [0.15, 0.2) is 0 Å². The molecule has 0 amide bonds. The molecule has 0 radical (unpaired) electrons. The van der Waals surface area contributed by atoms with E-state index < -0.39 is 0 Å². The van der Waals surface area contributed by atoms with Crippen LogP contribution in [-0.2, 0) is 6.42 Å². The van der Waals surface area contributed by atoms with Crippen LogP contribution in [0.3, 0.4) is 0 Å². The summed E-state index contributed by atoms with van der Waals surface area (Å²) < 4.78 is 0. The van der Waals surface area contributed by atoms with Gasteiger partial charge in [0.25, 0.3) is 0 Å². The molecule has 0 saturated carbocycles. The minimum Gasteiger partial charge on any atom is -0.271 e. The maximum absolute atomic E-state index is 5.50. The molecule has 0 aliphatic heterocycles. The number of hydrazine groups is 1. The molecular formula is C10H18N2S. The summed E-state index contributed by atoms with van der Waals surface area (Å²) in [6, 6.07) is 4.72. The van der Waals surface area contributed by atoms with Gasteiger partial charge in [-0.25, -0.2) is 0 Å². The number of hydrogen-bond acceptors (Lipinski definition) is 3. The first kappa shape index (κ1) is 10.7. The van der Waals surface area contributed by atoms with Gasteiger partial charge in [-0.2, -0.15) is 0 Å². The van der Waals surface area contributed by atoms with Crippen LogP contribution in [0.15, 0.2) is 12.1 Å². The Bertz CT molecular complexity index is 245. The maximum Gasteiger partial charge on any atom is 0.0553 e. The Hall–Kier alpha value is -0.380. The van der Waals surface area contributed by atoms with Crippen LogP contribution in [0.1, 0.15) is 42.5 Å². The van der Waals surface area contributed by atoms with Gasteiger partial charge >= 0.3 is 0 Å².